The lowest BCUT2D eigenvalue weighted by molar-refractivity contribution is -0.120. The fourth-order valence-corrected chi connectivity index (χ4v) is 5.78. The van der Waals surface area contributed by atoms with Crippen LogP contribution in [0.25, 0.3) is 0 Å². The molecule has 1 saturated heterocycles. The zero-order chi connectivity index (χ0) is 23.8. The van der Waals surface area contributed by atoms with Crippen LogP contribution < -0.4 is 5.56 Å². The highest BCUT2D eigenvalue weighted by Gasteiger charge is 2.57. The van der Waals surface area contributed by atoms with Crippen molar-refractivity contribution < 1.29 is 65.8 Å². The number of aliphatic hydroxyl groups excluding tert-OH is 1. The molecule has 1 aliphatic heterocycles. The number of H-pyrrole nitrogens is 1. The molecule has 1 aliphatic rings. The van der Waals surface area contributed by atoms with Crippen LogP contribution in [0.2, 0.25) is 0 Å². The molecule has 7 N–H and O–H groups in total. The normalized spacial score (nSPS) is 30.6. The third kappa shape index (κ3) is 6.66. The zero-order valence-electron chi connectivity index (χ0n) is 14.8. The molecule has 0 saturated carbocycles. The Bertz CT molecular complexity index is 1070. The lowest BCUT2D eigenvalue weighted by atomic mass is 9.95. The summed E-state index contributed by atoms with van der Waals surface area (Å²) in [5, 5.41) is 20.7. The smallest absolute Gasteiger partial charge is 0.387 e. The summed E-state index contributed by atoms with van der Waals surface area (Å²) in [4.78, 5) is 48.9. The Kier molecular flexibility index (Phi) is 7.96. The summed E-state index contributed by atoms with van der Waals surface area (Å²) in [5.41, 5.74) is -3.30. The van der Waals surface area contributed by atoms with Gasteiger partial charge in [-0.05, 0) is 12.2 Å². The van der Waals surface area contributed by atoms with Gasteiger partial charge in [0.15, 0.2) is 16.6 Å². The Labute approximate surface area is 176 Å². The number of aliphatic hydroxyl groups is 2. The van der Waals surface area contributed by atoms with Gasteiger partial charge in [0.25, 0.3) is 5.56 Å². The van der Waals surface area contributed by atoms with Crippen LogP contribution in [0.4, 0.5) is 4.39 Å². The van der Waals surface area contributed by atoms with Gasteiger partial charge < -0.3 is 34.5 Å². The number of alkyl halides is 1. The van der Waals surface area contributed by atoms with Crippen molar-refractivity contribution in [3.63, 3.8) is 0 Å². The molecule has 2 rings (SSSR count). The first-order valence-electron chi connectivity index (χ1n) is 7.71. The SMILES string of the molecule is O=c1ccn([C@@H]2O[C@H](COP(=O)(O)OP(=O)(O)OP(=O)(O)O)[C@H](O)C2(O)CF)c(=S)[nH]1. The molecule has 21 heteroatoms. The zero-order valence-corrected chi connectivity index (χ0v) is 18.3. The van der Waals surface area contributed by atoms with Crippen molar-refractivity contribution in [2.24, 2.45) is 0 Å². The molecule has 0 spiro atoms. The van der Waals surface area contributed by atoms with E-state index in [0.29, 0.717) is 0 Å². The van der Waals surface area contributed by atoms with Crippen LogP contribution in [0.1, 0.15) is 6.23 Å². The predicted molar refractivity (Wildman–Crippen MR) is 96.5 cm³/mol. The number of rotatable bonds is 9. The summed E-state index contributed by atoms with van der Waals surface area (Å²) in [6, 6.07) is 0.948. The number of halogens is 1. The first-order valence-corrected chi connectivity index (χ1v) is 12.6. The number of nitrogens with one attached hydrogen (secondary N) is 1. The minimum absolute atomic E-state index is 0.329. The Morgan fingerprint density at radius 3 is 2.35 bits per heavy atom. The fourth-order valence-electron chi connectivity index (χ4n) is 2.49. The summed E-state index contributed by atoms with van der Waals surface area (Å²) in [6.07, 6.45) is -4.58. The van der Waals surface area contributed by atoms with Gasteiger partial charge in [-0.1, -0.05) is 0 Å². The molecule has 16 nitrogen and oxygen atoms in total. The van der Waals surface area contributed by atoms with Crippen LogP contribution in [0.5, 0.6) is 0 Å². The standard InChI is InChI=1S/C10H16FN2O14P3S/c11-4-10(16)7(15)5(25-8(10)13-2-1-6(14)12-9(13)31)3-24-29(20,21)27-30(22,23)26-28(17,18)19/h1-2,5,7-8,15-16H,3-4H2,(H,20,21)(H,22,23)(H,12,14,31)(H2,17,18,19)/t5-,7+,8-,10?/m1/s1. The topological polar surface area (TPSA) is 247 Å². The Morgan fingerprint density at radius 1 is 1.23 bits per heavy atom. The van der Waals surface area contributed by atoms with Crippen molar-refractivity contribution in [1.29, 1.82) is 0 Å². The van der Waals surface area contributed by atoms with Crippen molar-refractivity contribution in [3.8, 4) is 0 Å². The summed E-state index contributed by atoms with van der Waals surface area (Å²) in [5.74, 6) is 0. The third-order valence-corrected chi connectivity index (χ3v) is 7.85. The van der Waals surface area contributed by atoms with Crippen molar-refractivity contribution in [2.75, 3.05) is 13.3 Å². The number of aromatic nitrogens is 2. The summed E-state index contributed by atoms with van der Waals surface area (Å²) in [6.45, 7) is -2.76. The second-order valence-corrected chi connectivity index (χ2v) is 10.8. The molecule has 3 unspecified atom stereocenters. The minimum Gasteiger partial charge on any atom is -0.387 e. The van der Waals surface area contributed by atoms with Crippen molar-refractivity contribution >= 4 is 35.7 Å². The second kappa shape index (κ2) is 9.29. The van der Waals surface area contributed by atoms with E-state index >= 15 is 0 Å². The summed E-state index contributed by atoms with van der Waals surface area (Å²) < 4.78 is 64.3. The number of phosphoric ester groups is 1. The van der Waals surface area contributed by atoms with Crippen LogP contribution >= 0.6 is 35.7 Å². The van der Waals surface area contributed by atoms with Crippen LogP contribution in [0, 0.1) is 4.77 Å². The summed E-state index contributed by atoms with van der Waals surface area (Å²) >= 11 is 4.87. The molecule has 0 bridgehead atoms. The maximum atomic E-state index is 13.6. The van der Waals surface area contributed by atoms with Gasteiger partial charge in [0, 0.05) is 12.3 Å². The van der Waals surface area contributed by atoms with E-state index in [1.807, 2.05) is 0 Å². The van der Waals surface area contributed by atoms with E-state index in [4.69, 9.17) is 31.6 Å². The minimum atomic E-state index is -5.78. The van der Waals surface area contributed by atoms with Gasteiger partial charge in [0.05, 0.1) is 6.61 Å². The second-order valence-electron chi connectivity index (χ2n) is 6.00. The molecule has 31 heavy (non-hydrogen) atoms. The van der Waals surface area contributed by atoms with Crippen molar-refractivity contribution in [3.05, 3.63) is 27.4 Å². The van der Waals surface area contributed by atoms with Crippen LogP contribution in [0.3, 0.4) is 0 Å². The molecule has 1 fully saturated rings. The molecule has 0 amide bonds. The van der Waals surface area contributed by atoms with Crippen molar-refractivity contribution in [1.82, 2.24) is 9.55 Å². The number of nitrogens with zero attached hydrogens (tertiary/aromatic N) is 1. The molecule has 178 valence electrons. The Hall–Kier alpha value is -0.680. The van der Waals surface area contributed by atoms with E-state index in [2.05, 4.69) is 18.1 Å². The van der Waals surface area contributed by atoms with Gasteiger partial charge >= 0.3 is 23.5 Å². The molecule has 0 aromatic carbocycles. The fraction of sp³-hybridized carbons (Fsp3) is 0.600. The molecule has 1 aromatic heterocycles. The van der Waals surface area contributed by atoms with Crippen molar-refractivity contribution in [2.45, 2.75) is 24.0 Å². The highest BCUT2D eigenvalue weighted by molar-refractivity contribution is 7.71. The van der Waals surface area contributed by atoms with E-state index in [0.717, 1.165) is 16.8 Å². The van der Waals surface area contributed by atoms with Gasteiger partial charge in [-0.3, -0.25) is 18.9 Å². The summed E-state index contributed by atoms with van der Waals surface area (Å²) in [7, 11) is -16.9. The highest BCUT2D eigenvalue weighted by atomic mass is 32.1. The first-order chi connectivity index (χ1) is 14.0. The van der Waals surface area contributed by atoms with Gasteiger partial charge in [-0.25, -0.2) is 18.1 Å². The Morgan fingerprint density at radius 2 is 1.84 bits per heavy atom. The number of aromatic amines is 1. The highest BCUT2D eigenvalue weighted by Crippen LogP contribution is 2.66. The molecule has 6 atom stereocenters. The average molecular weight is 532 g/mol. The molecular formula is C10H16FN2O14P3S. The van der Waals surface area contributed by atoms with Crippen LogP contribution in [-0.4, -0.2) is 70.4 Å². The number of hydrogen-bond donors (Lipinski definition) is 7. The van der Waals surface area contributed by atoms with E-state index in [1.54, 1.807) is 0 Å². The van der Waals surface area contributed by atoms with Crippen LogP contribution in [-0.2, 0) is 31.6 Å². The lowest BCUT2D eigenvalue weighted by Crippen LogP contribution is -2.49. The lowest BCUT2D eigenvalue weighted by Gasteiger charge is -2.29. The quantitative estimate of drug-likeness (QED) is 0.152. The van der Waals surface area contributed by atoms with Gasteiger partial charge in [0.1, 0.15) is 18.9 Å². The number of hydrogen-bond acceptors (Lipinski definition) is 11. The number of phosphoric acid groups is 3. The van der Waals surface area contributed by atoms with Gasteiger partial charge in [-0.15, -0.1) is 0 Å². The largest absolute Gasteiger partial charge is 0.490 e. The Balaban J connectivity index is 2.18. The molecule has 1 aromatic rings. The molecule has 0 aliphatic carbocycles. The van der Waals surface area contributed by atoms with E-state index in [-0.39, 0.29) is 4.77 Å². The maximum absolute atomic E-state index is 13.6. The van der Waals surface area contributed by atoms with Gasteiger partial charge in [-0.2, -0.15) is 8.62 Å². The van der Waals surface area contributed by atoms with E-state index in [9.17, 15) is 38.0 Å². The first kappa shape index (κ1) is 26.6. The van der Waals surface area contributed by atoms with E-state index in [1.165, 1.54) is 0 Å². The van der Waals surface area contributed by atoms with Gasteiger partial charge in [0.2, 0.25) is 0 Å². The third-order valence-electron chi connectivity index (χ3n) is 3.73. The molecular weight excluding hydrogens is 516 g/mol. The van der Waals surface area contributed by atoms with E-state index < -0.39 is 66.3 Å². The predicted octanol–water partition coefficient (Wildman–Crippen LogP) is -0.792. The maximum Gasteiger partial charge on any atom is 0.490 e. The van der Waals surface area contributed by atoms with Crippen LogP contribution in [0.15, 0.2) is 17.1 Å². The number of ether oxygens (including phenoxy) is 1. The average Bonchev–Trinajstić information content (AvgIpc) is 2.82. The molecule has 0 radical (unpaired) electrons. The molecule has 2 heterocycles. The monoisotopic (exact) mass is 532 g/mol.